The fraction of sp³-hybridized carbons (Fsp3) is 0.167. The second kappa shape index (κ2) is 7.38. The lowest BCUT2D eigenvalue weighted by Crippen LogP contribution is -2.19. The van der Waals surface area contributed by atoms with Gasteiger partial charge < -0.3 is 10.2 Å². The number of hydrogen-bond donors (Lipinski definition) is 1. The van der Waals surface area contributed by atoms with Gasteiger partial charge in [0.2, 0.25) is 0 Å². The quantitative estimate of drug-likeness (QED) is 0.680. The fourth-order valence-corrected chi connectivity index (χ4v) is 2.46. The number of anilines is 4. The number of rotatable bonds is 5. The summed E-state index contributed by atoms with van der Waals surface area (Å²) >= 11 is 0. The molecule has 1 heterocycles. The minimum Gasteiger partial charge on any atom is -0.336 e. The molecular formula is C18H16F3N5. The fourth-order valence-electron chi connectivity index (χ4n) is 2.46. The van der Waals surface area contributed by atoms with Crippen molar-refractivity contribution in [1.29, 1.82) is 0 Å². The Hall–Kier alpha value is -3.16. The molecule has 0 aliphatic carbocycles. The third kappa shape index (κ3) is 3.58. The lowest BCUT2D eigenvalue weighted by Gasteiger charge is -2.21. The zero-order valence-corrected chi connectivity index (χ0v) is 14.2. The van der Waals surface area contributed by atoms with Gasteiger partial charge in [0.15, 0.2) is 23.3 Å². The van der Waals surface area contributed by atoms with Crippen molar-refractivity contribution in [1.82, 2.24) is 15.2 Å². The van der Waals surface area contributed by atoms with E-state index >= 15 is 0 Å². The Morgan fingerprint density at radius 1 is 1.08 bits per heavy atom. The monoisotopic (exact) mass is 359 g/mol. The number of aryl methyl sites for hydroxylation is 1. The number of nitrogens with one attached hydrogen (secondary N) is 1. The van der Waals surface area contributed by atoms with E-state index in [4.69, 9.17) is 0 Å². The summed E-state index contributed by atoms with van der Waals surface area (Å²) in [7, 11) is 0. The van der Waals surface area contributed by atoms with Gasteiger partial charge in [-0.05, 0) is 43.7 Å². The molecule has 134 valence electrons. The Morgan fingerprint density at radius 3 is 2.62 bits per heavy atom. The van der Waals surface area contributed by atoms with Crippen LogP contribution in [0.3, 0.4) is 0 Å². The first-order chi connectivity index (χ1) is 12.5. The standard InChI is InChI=1S/C18H16F3N5/c1-3-26(12-6-4-5-11(2)9-12)18-24-15(10-22-25-18)23-14-8-7-13(19)16(20)17(14)21/h4-10H,3H2,1-2H3,(H,23,24,25). The van der Waals surface area contributed by atoms with Gasteiger partial charge in [-0.2, -0.15) is 10.1 Å². The third-order valence-electron chi connectivity index (χ3n) is 3.72. The Balaban J connectivity index is 1.92. The van der Waals surface area contributed by atoms with Crippen LogP contribution in [0.1, 0.15) is 12.5 Å². The van der Waals surface area contributed by atoms with E-state index in [1.165, 1.54) is 6.20 Å². The van der Waals surface area contributed by atoms with Gasteiger partial charge in [-0.15, -0.1) is 5.10 Å². The molecular weight excluding hydrogens is 343 g/mol. The Bertz CT molecular complexity index is 932. The normalized spacial score (nSPS) is 10.7. The summed E-state index contributed by atoms with van der Waals surface area (Å²) in [6.45, 7) is 4.48. The lowest BCUT2D eigenvalue weighted by atomic mass is 10.2. The molecule has 5 nitrogen and oxygen atoms in total. The highest BCUT2D eigenvalue weighted by molar-refractivity contribution is 5.61. The van der Waals surface area contributed by atoms with Crippen molar-refractivity contribution in [3.05, 3.63) is 65.6 Å². The zero-order valence-electron chi connectivity index (χ0n) is 14.2. The maximum Gasteiger partial charge on any atom is 0.251 e. The van der Waals surface area contributed by atoms with Gasteiger partial charge in [-0.25, -0.2) is 13.2 Å². The predicted molar refractivity (Wildman–Crippen MR) is 93.3 cm³/mol. The Morgan fingerprint density at radius 2 is 1.88 bits per heavy atom. The molecule has 0 aliphatic heterocycles. The average Bonchev–Trinajstić information content (AvgIpc) is 2.63. The molecule has 0 fully saturated rings. The van der Waals surface area contributed by atoms with E-state index in [0.29, 0.717) is 12.5 Å². The van der Waals surface area contributed by atoms with Crippen molar-refractivity contribution < 1.29 is 13.2 Å². The highest BCUT2D eigenvalue weighted by Gasteiger charge is 2.16. The summed E-state index contributed by atoms with van der Waals surface area (Å²) in [5, 5.41) is 10.5. The van der Waals surface area contributed by atoms with Crippen LogP contribution < -0.4 is 10.2 Å². The van der Waals surface area contributed by atoms with Gasteiger partial charge in [0.1, 0.15) is 0 Å². The van der Waals surface area contributed by atoms with Gasteiger partial charge in [-0.1, -0.05) is 12.1 Å². The van der Waals surface area contributed by atoms with Crippen LogP contribution in [0.25, 0.3) is 0 Å². The molecule has 3 rings (SSSR count). The molecule has 0 amide bonds. The maximum atomic E-state index is 13.8. The second-order valence-corrected chi connectivity index (χ2v) is 5.57. The first-order valence-electron chi connectivity index (χ1n) is 7.94. The highest BCUT2D eigenvalue weighted by atomic mass is 19.2. The first kappa shape index (κ1) is 17.7. The van der Waals surface area contributed by atoms with Crippen LogP contribution in [0.5, 0.6) is 0 Å². The summed E-state index contributed by atoms with van der Waals surface area (Å²) in [5.41, 5.74) is 1.71. The largest absolute Gasteiger partial charge is 0.336 e. The van der Waals surface area contributed by atoms with Crippen molar-refractivity contribution in [2.24, 2.45) is 0 Å². The Labute approximate surface area is 148 Å². The van der Waals surface area contributed by atoms with Crippen molar-refractivity contribution in [2.75, 3.05) is 16.8 Å². The van der Waals surface area contributed by atoms with Gasteiger partial charge in [0.25, 0.3) is 5.95 Å². The molecule has 0 saturated carbocycles. The molecule has 1 aromatic heterocycles. The van der Waals surface area contributed by atoms with E-state index < -0.39 is 17.5 Å². The molecule has 1 N–H and O–H groups in total. The van der Waals surface area contributed by atoms with Crippen LogP contribution >= 0.6 is 0 Å². The average molecular weight is 359 g/mol. The van der Waals surface area contributed by atoms with E-state index in [-0.39, 0.29) is 11.5 Å². The number of halogens is 3. The number of aromatic nitrogens is 3. The van der Waals surface area contributed by atoms with Gasteiger partial charge in [0, 0.05) is 12.2 Å². The molecule has 0 saturated heterocycles. The number of nitrogens with zero attached hydrogens (tertiary/aromatic N) is 4. The van der Waals surface area contributed by atoms with Crippen molar-refractivity contribution >= 4 is 23.1 Å². The first-order valence-corrected chi connectivity index (χ1v) is 7.94. The molecule has 2 aromatic carbocycles. The van der Waals surface area contributed by atoms with Crippen LogP contribution in [0.4, 0.5) is 36.3 Å². The minimum absolute atomic E-state index is 0.158. The van der Waals surface area contributed by atoms with Crippen LogP contribution in [0.2, 0.25) is 0 Å². The minimum atomic E-state index is -1.55. The summed E-state index contributed by atoms with van der Waals surface area (Å²) in [6.07, 6.45) is 1.27. The summed E-state index contributed by atoms with van der Waals surface area (Å²) in [4.78, 5) is 6.12. The molecule has 8 heteroatoms. The van der Waals surface area contributed by atoms with E-state index in [1.807, 2.05) is 43.0 Å². The van der Waals surface area contributed by atoms with Gasteiger partial charge >= 0.3 is 0 Å². The van der Waals surface area contributed by atoms with E-state index in [0.717, 1.165) is 23.4 Å². The zero-order chi connectivity index (χ0) is 18.7. The number of benzene rings is 2. The van der Waals surface area contributed by atoms with E-state index in [1.54, 1.807) is 0 Å². The van der Waals surface area contributed by atoms with Crippen LogP contribution in [0, 0.1) is 24.4 Å². The predicted octanol–water partition coefficient (Wildman–Crippen LogP) is 4.50. The Kier molecular flexibility index (Phi) is 5.01. The molecule has 0 atom stereocenters. The van der Waals surface area contributed by atoms with Crippen LogP contribution in [-0.2, 0) is 0 Å². The SMILES string of the molecule is CCN(c1cccc(C)c1)c1nncc(Nc2ccc(F)c(F)c2F)n1. The molecule has 3 aromatic rings. The lowest BCUT2D eigenvalue weighted by molar-refractivity contribution is 0.449. The molecule has 0 spiro atoms. The van der Waals surface area contributed by atoms with Gasteiger partial charge in [0.05, 0.1) is 11.9 Å². The smallest absolute Gasteiger partial charge is 0.251 e. The highest BCUT2D eigenvalue weighted by Crippen LogP contribution is 2.25. The van der Waals surface area contributed by atoms with Crippen molar-refractivity contribution in [3.63, 3.8) is 0 Å². The van der Waals surface area contributed by atoms with Crippen molar-refractivity contribution in [3.8, 4) is 0 Å². The molecule has 0 unspecified atom stereocenters. The molecule has 0 bridgehead atoms. The topological polar surface area (TPSA) is 53.9 Å². The van der Waals surface area contributed by atoms with Crippen molar-refractivity contribution in [2.45, 2.75) is 13.8 Å². The number of hydrogen-bond acceptors (Lipinski definition) is 5. The summed E-state index contributed by atoms with van der Waals surface area (Å²) < 4.78 is 40.2. The van der Waals surface area contributed by atoms with Crippen LogP contribution in [0.15, 0.2) is 42.6 Å². The molecule has 0 radical (unpaired) electrons. The maximum absolute atomic E-state index is 13.8. The van der Waals surface area contributed by atoms with E-state index in [2.05, 4.69) is 20.5 Å². The summed E-state index contributed by atoms with van der Waals surface area (Å²) in [5.74, 6) is -3.67. The van der Waals surface area contributed by atoms with E-state index in [9.17, 15) is 13.2 Å². The van der Waals surface area contributed by atoms with Crippen LogP contribution in [-0.4, -0.2) is 21.7 Å². The second-order valence-electron chi connectivity index (χ2n) is 5.57. The molecule has 26 heavy (non-hydrogen) atoms. The molecule has 0 aliphatic rings. The third-order valence-corrected chi connectivity index (χ3v) is 3.72. The summed E-state index contributed by atoms with van der Waals surface area (Å²) in [6, 6.07) is 9.70. The van der Waals surface area contributed by atoms with Gasteiger partial charge in [-0.3, -0.25) is 0 Å².